The second-order valence-electron chi connectivity index (χ2n) is 8.75. The number of amides is 1. The average Bonchev–Trinajstić information content (AvgIpc) is 3.25. The van der Waals surface area contributed by atoms with E-state index in [-0.39, 0.29) is 12.0 Å². The van der Waals surface area contributed by atoms with Gasteiger partial charge < -0.3 is 14.8 Å². The van der Waals surface area contributed by atoms with Gasteiger partial charge in [0, 0.05) is 19.4 Å². The third kappa shape index (κ3) is 4.56. The predicted octanol–water partition coefficient (Wildman–Crippen LogP) is 4.25. The van der Waals surface area contributed by atoms with Crippen molar-refractivity contribution in [2.24, 2.45) is 5.92 Å². The zero-order valence-electron chi connectivity index (χ0n) is 17.9. The SMILES string of the molecule is Cc1ccc(Cn2nc(C)c(C(=O)NC[C@H]3COC4(CCC(C)CC4)O3)c2Cl)cc1. The van der Waals surface area contributed by atoms with E-state index in [0.717, 1.165) is 37.2 Å². The van der Waals surface area contributed by atoms with Crippen molar-refractivity contribution in [2.75, 3.05) is 13.2 Å². The van der Waals surface area contributed by atoms with E-state index in [2.05, 4.69) is 29.5 Å². The Balaban J connectivity index is 1.36. The monoisotopic (exact) mass is 431 g/mol. The molecule has 4 rings (SSSR count). The van der Waals surface area contributed by atoms with Gasteiger partial charge >= 0.3 is 0 Å². The number of hydrogen-bond donors (Lipinski definition) is 1. The molecule has 1 saturated carbocycles. The van der Waals surface area contributed by atoms with E-state index < -0.39 is 5.79 Å². The molecule has 30 heavy (non-hydrogen) atoms. The summed E-state index contributed by atoms with van der Waals surface area (Å²) in [6.07, 6.45) is 3.95. The molecule has 1 aromatic carbocycles. The Labute approximate surface area is 182 Å². The quantitative estimate of drug-likeness (QED) is 0.768. The lowest BCUT2D eigenvalue weighted by atomic mass is 9.86. The van der Waals surface area contributed by atoms with Gasteiger partial charge in [-0.3, -0.25) is 4.79 Å². The zero-order chi connectivity index (χ0) is 21.3. The molecule has 2 fully saturated rings. The number of benzene rings is 1. The third-order valence-corrected chi connectivity index (χ3v) is 6.57. The molecule has 1 aliphatic carbocycles. The molecule has 162 valence electrons. The highest BCUT2D eigenvalue weighted by Gasteiger charge is 2.43. The van der Waals surface area contributed by atoms with Gasteiger partial charge in [0.2, 0.25) is 0 Å². The van der Waals surface area contributed by atoms with Crippen LogP contribution >= 0.6 is 11.6 Å². The maximum absolute atomic E-state index is 12.8. The Bertz CT molecular complexity index is 901. The van der Waals surface area contributed by atoms with Gasteiger partial charge in [0.05, 0.1) is 24.4 Å². The lowest BCUT2D eigenvalue weighted by molar-refractivity contribution is -0.191. The number of nitrogens with zero attached hydrogens (tertiary/aromatic N) is 2. The number of aromatic nitrogens is 2. The first-order chi connectivity index (χ1) is 14.3. The van der Waals surface area contributed by atoms with E-state index in [1.54, 1.807) is 11.6 Å². The second kappa shape index (κ2) is 8.69. The smallest absolute Gasteiger partial charge is 0.256 e. The first-order valence-corrected chi connectivity index (χ1v) is 11.1. The van der Waals surface area contributed by atoms with Crippen LogP contribution in [0.4, 0.5) is 0 Å². The molecule has 1 saturated heterocycles. The average molecular weight is 432 g/mol. The van der Waals surface area contributed by atoms with Crippen LogP contribution in [-0.2, 0) is 16.0 Å². The summed E-state index contributed by atoms with van der Waals surface area (Å²) in [5, 5.41) is 7.78. The van der Waals surface area contributed by atoms with Gasteiger partial charge in [-0.25, -0.2) is 4.68 Å². The minimum atomic E-state index is -0.450. The van der Waals surface area contributed by atoms with Gasteiger partial charge in [-0.2, -0.15) is 5.10 Å². The van der Waals surface area contributed by atoms with Gasteiger partial charge in [-0.15, -0.1) is 0 Å². The molecule has 0 unspecified atom stereocenters. The number of nitrogens with one attached hydrogen (secondary N) is 1. The largest absolute Gasteiger partial charge is 0.349 e. The molecule has 1 amide bonds. The van der Waals surface area contributed by atoms with E-state index >= 15 is 0 Å². The maximum atomic E-state index is 12.8. The molecule has 6 nitrogen and oxygen atoms in total. The lowest BCUT2D eigenvalue weighted by Crippen LogP contribution is -2.38. The molecule has 1 atom stereocenters. The number of ether oxygens (including phenoxy) is 2. The molecule has 2 aromatic rings. The second-order valence-corrected chi connectivity index (χ2v) is 9.11. The topological polar surface area (TPSA) is 65.4 Å². The summed E-state index contributed by atoms with van der Waals surface area (Å²) >= 11 is 6.52. The Morgan fingerprint density at radius 3 is 2.67 bits per heavy atom. The van der Waals surface area contributed by atoms with E-state index in [4.69, 9.17) is 21.1 Å². The normalized spacial score (nSPS) is 26.3. The van der Waals surface area contributed by atoms with Crippen LogP contribution < -0.4 is 5.32 Å². The van der Waals surface area contributed by atoms with Crippen LogP contribution in [0.3, 0.4) is 0 Å². The van der Waals surface area contributed by atoms with Crippen molar-refractivity contribution in [2.45, 2.75) is 64.9 Å². The summed E-state index contributed by atoms with van der Waals surface area (Å²) in [4.78, 5) is 12.8. The van der Waals surface area contributed by atoms with Crippen molar-refractivity contribution in [1.82, 2.24) is 15.1 Å². The lowest BCUT2D eigenvalue weighted by Gasteiger charge is -2.34. The van der Waals surface area contributed by atoms with Gasteiger partial charge in [0.15, 0.2) is 5.79 Å². The fourth-order valence-corrected chi connectivity index (χ4v) is 4.58. The van der Waals surface area contributed by atoms with Crippen molar-refractivity contribution in [3.05, 3.63) is 51.8 Å². The van der Waals surface area contributed by atoms with Crippen molar-refractivity contribution in [3.63, 3.8) is 0 Å². The van der Waals surface area contributed by atoms with Crippen molar-refractivity contribution in [1.29, 1.82) is 0 Å². The van der Waals surface area contributed by atoms with Crippen molar-refractivity contribution >= 4 is 17.5 Å². The Morgan fingerprint density at radius 1 is 1.27 bits per heavy atom. The van der Waals surface area contributed by atoms with E-state index in [0.29, 0.717) is 36.1 Å². The first kappa shape index (κ1) is 21.3. The molecule has 1 aliphatic heterocycles. The molecular formula is C23H30ClN3O3. The molecule has 0 radical (unpaired) electrons. The highest BCUT2D eigenvalue weighted by Crippen LogP contribution is 2.39. The van der Waals surface area contributed by atoms with Crippen LogP contribution in [-0.4, -0.2) is 40.7 Å². The summed E-state index contributed by atoms with van der Waals surface area (Å²) < 4.78 is 13.8. The Hall–Kier alpha value is -1.89. The number of rotatable bonds is 5. The van der Waals surface area contributed by atoms with E-state index in [1.807, 2.05) is 19.1 Å². The minimum absolute atomic E-state index is 0.135. The predicted molar refractivity (Wildman–Crippen MR) is 116 cm³/mol. The first-order valence-electron chi connectivity index (χ1n) is 10.7. The molecule has 7 heteroatoms. The summed E-state index contributed by atoms with van der Waals surface area (Å²) in [5.74, 6) is 0.0478. The highest BCUT2D eigenvalue weighted by molar-refractivity contribution is 6.33. The van der Waals surface area contributed by atoms with Gasteiger partial charge in [-0.05, 0) is 38.2 Å². The number of carbonyl (C=O) groups is 1. The molecule has 2 heterocycles. The summed E-state index contributed by atoms with van der Waals surface area (Å²) in [7, 11) is 0. The molecule has 2 aliphatic rings. The van der Waals surface area contributed by atoms with Crippen LogP contribution in [0.25, 0.3) is 0 Å². The molecule has 1 aromatic heterocycles. The van der Waals surface area contributed by atoms with Crippen LogP contribution in [0, 0.1) is 19.8 Å². The molecule has 0 bridgehead atoms. The van der Waals surface area contributed by atoms with Gasteiger partial charge in [0.1, 0.15) is 11.3 Å². The Morgan fingerprint density at radius 2 is 1.97 bits per heavy atom. The van der Waals surface area contributed by atoms with Crippen molar-refractivity contribution < 1.29 is 14.3 Å². The molecule has 1 spiro atoms. The summed E-state index contributed by atoms with van der Waals surface area (Å²) in [5.41, 5.74) is 3.32. The van der Waals surface area contributed by atoms with E-state index in [9.17, 15) is 4.79 Å². The molecule has 1 N–H and O–H groups in total. The minimum Gasteiger partial charge on any atom is -0.349 e. The van der Waals surface area contributed by atoms with Crippen molar-refractivity contribution in [3.8, 4) is 0 Å². The fourth-order valence-electron chi connectivity index (χ4n) is 4.26. The molecular weight excluding hydrogens is 402 g/mol. The number of halogens is 1. The summed E-state index contributed by atoms with van der Waals surface area (Å²) in [6.45, 7) is 7.55. The van der Waals surface area contributed by atoms with Gasteiger partial charge in [-0.1, -0.05) is 48.4 Å². The summed E-state index contributed by atoms with van der Waals surface area (Å²) in [6, 6.07) is 8.19. The van der Waals surface area contributed by atoms with Crippen LogP contribution in [0.5, 0.6) is 0 Å². The van der Waals surface area contributed by atoms with Crippen LogP contribution in [0.2, 0.25) is 5.15 Å². The van der Waals surface area contributed by atoms with Gasteiger partial charge in [0.25, 0.3) is 5.91 Å². The fraction of sp³-hybridized carbons (Fsp3) is 0.565. The maximum Gasteiger partial charge on any atom is 0.256 e. The zero-order valence-corrected chi connectivity index (χ0v) is 18.7. The van der Waals surface area contributed by atoms with E-state index in [1.165, 1.54) is 5.56 Å². The standard InChI is InChI=1S/C23H30ClN3O3/c1-15-4-6-18(7-5-15)13-27-21(24)20(17(3)26-27)22(28)25-12-19-14-29-23(30-19)10-8-16(2)9-11-23/h4-7,16,19H,8-14H2,1-3H3,(H,25,28)/t16?,19-,23?/m0/s1. The van der Waals surface area contributed by atoms with Crippen LogP contribution in [0.15, 0.2) is 24.3 Å². The third-order valence-electron chi connectivity index (χ3n) is 6.19. The Kier molecular flexibility index (Phi) is 6.19. The number of hydrogen-bond acceptors (Lipinski definition) is 4. The van der Waals surface area contributed by atoms with Crippen LogP contribution in [0.1, 0.15) is 59.8 Å². The number of carbonyl (C=O) groups excluding carboxylic acids is 1. The highest BCUT2D eigenvalue weighted by atomic mass is 35.5. The number of aryl methyl sites for hydroxylation is 2.